The van der Waals surface area contributed by atoms with Crippen LogP contribution in [-0.2, 0) is 13.1 Å². The van der Waals surface area contributed by atoms with E-state index < -0.39 is 0 Å². The van der Waals surface area contributed by atoms with E-state index in [1.807, 2.05) is 0 Å². The number of hydrogen-bond acceptors (Lipinski definition) is 1. The maximum absolute atomic E-state index is 2.64. The van der Waals surface area contributed by atoms with E-state index in [2.05, 4.69) is 126 Å². The topological polar surface area (TPSA) is 3.24 Å². The fourth-order valence-electron chi connectivity index (χ4n) is 6.05. The van der Waals surface area contributed by atoms with E-state index in [1.54, 1.807) is 0 Å². The average molecular weight is 450 g/mol. The first-order valence-electron chi connectivity index (χ1n) is 12.5. The lowest BCUT2D eigenvalue weighted by molar-refractivity contribution is 0.250. The van der Waals surface area contributed by atoms with Gasteiger partial charge >= 0.3 is 0 Å². The predicted octanol–water partition coefficient (Wildman–Crippen LogP) is 8.25. The van der Waals surface area contributed by atoms with Crippen molar-refractivity contribution in [2.45, 2.75) is 13.1 Å². The Kier molecular flexibility index (Phi) is 4.89. The number of fused-ring (bicyclic) bond motifs is 7. The highest BCUT2D eigenvalue weighted by Crippen LogP contribution is 2.42. The third-order valence-corrected chi connectivity index (χ3v) is 7.65. The normalized spacial score (nSPS) is 17.3. The summed E-state index contributed by atoms with van der Waals surface area (Å²) in [6.07, 6.45) is 6.89. The van der Waals surface area contributed by atoms with E-state index in [4.69, 9.17) is 0 Å². The van der Waals surface area contributed by atoms with Crippen LogP contribution in [0.4, 0.5) is 0 Å². The van der Waals surface area contributed by atoms with Crippen molar-refractivity contribution in [3.05, 3.63) is 138 Å². The van der Waals surface area contributed by atoms with Crippen LogP contribution in [0, 0.1) is 5.92 Å². The Morgan fingerprint density at radius 1 is 0.600 bits per heavy atom. The Morgan fingerprint density at radius 2 is 1.17 bits per heavy atom. The number of rotatable bonds is 3. The molecule has 168 valence electrons. The van der Waals surface area contributed by atoms with Gasteiger partial charge in [-0.05, 0) is 54.9 Å². The Labute approximate surface area is 206 Å². The molecule has 1 heteroatoms. The highest BCUT2D eigenvalue weighted by atomic mass is 15.1. The summed E-state index contributed by atoms with van der Waals surface area (Å²) in [5.41, 5.74) is 8.43. The van der Waals surface area contributed by atoms with Gasteiger partial charge in [0.15, 0.2) is 0 Å². The third kappa shape index (κ3) is 3.51. The first kappa shape index (κ1) is 20.4. The van der Waals surface area contributed by atoms with Crippen molar-refractivity contribution in [2.75, 3.05) is 6.54 Å². The van der Waals surface area contributed by atoms with E-state index in [-0.39, 0.29) is 0 Å². The largest absolute Gasteiger partial charge is 0.294 e. The van der Waals surface area contributed by atoms with Gasteiger partial charge < -0.3 is 0 Å². The lowest BCUT2D eigenvalue weighted by Gasteiger charge is -2.26. The van der Waals surface area contributed by atoms with Gasteiger partial charge in [0.25, 0.3) is 0 Å². The second-order valence-electron chi connectivity index (χ2n) is 9.79. The molecule has 7 rings (SSSR count). The molecule has 35 heavy (non-hydrogen) atoms. The van der Waals surface area contributed by atoms with Crippen LogP contribution in [0.15, 0.2) is 121 Å². The van der Waals surface area contributed by atoms with Crippen LogP contribution in [0.5, 0.6) is 0 Å². The van der Waals surface area contributed by atoms with Crippen molar-refractivity contribution in [1.82, 2.24) is 4.90 Å². The molecule has 0 N–H and O–H groups in total. The molecule has 0 saturated carbocycles. The second kappa shape index (κ2) is 8.37. The number of benzene rings is 5. The van der Waals surface area contributed by atoms with Gasteiger partial charge in [-0.3, -0.25) is 4.90 Å². The van der Waals surface area contributed by atoms with E-state index in [0.29, 0.717) is 5.92 Å². The fourth-order valence-corrected chi connectivity index (χ4v) is 6.05. The van der Waals surface area contributed by atoms with Gasteiger partial charge in [-0.1, -0.05) is 121 Å². The fraction of sp³-hybridized carbons (Fsp3) is 0.118. The van der Waals surface area contributed by atoms with Crippen LogP contribution >= 0.6 is 0 Å². The Bertz CT molecular complexity index is 1540. The zero-order valence-electron chi connectivity index (χ0n) is 19.7. The van der Waals surface area contributed by atoms with Crippen molar-refractivity contribution < 1.29 is 0 Å². The third-order valence-electron chi connectivity index (χ3n) is 7.65. The molecule has 1 nitrogen and oxygen atoms in total. The molecule has 0 bridgehead atoms. The van der Waals surface area contributed by atoms with Crippen LogP contribution in [0.25, 0.3) is 38.2 Å². The molecule has 0 radical (unpaired) electrons. The molecule has 1 atom stereocenters. The second-order valence-corrected chi connectivity index (χ2v) is 9.79. The molecule has 0 fully saturated rings. The standard InChI is InChI=1S/C34H27N/c1-2-9-24(10-3-1)30-16-8-13-27(30)21-35-22-28-19-17-25-11-4-6-14-31(25)33(28)34-29(23-35)20-18-26-12-5-7-15-32(26)34/h1-20,27H,21-23H2. The summed E-state index contributed by atoms with van der Waals surface area (Å²) in [5.74, 6) is 0.406. The molecule has 1 unspecified atom stereocenters. The molecule has 0 aromatic heterocycles. The lowest BCUT2D eigenvalue weighted by Crippen LogP contribution is -2.27. The van der Waals surface area contributed by atoms with E-state index in [9.17, 15) is 0 Å². The summed E-state index contributed by atoms with van der Waals surface area (Å²) in [6.45, 7) is 2.92. The van der Waals surface area contributed by atoms with Crippen LogP contribution in [0.3, 0.4) is 0 Å². The van der Waals surface area contributed by atoms with Crippen molar-refractivity contribution in [3.63, 3.8) is 0 Å². The first-order chi connectivity index (χ1) is 17.3. The van der Waals surface area contributed by atoms with E-state index in [1.165, 1.54) is 54.9 Å². The number of nitrogens with zero attached hydrogens (tertiary/aromatic N) is 1. The zero-order chi connectivity index (χ0) is 23.2. The Balaban J connectivity index is 1.36. The van der Waals surface area contributed by atoms with Crippen LogP contribution in [-0.4, -0.2) is 11.4 Å². The van der Waals surface area contributed by atoms with Gasteiger partial charge in [0.2, 0.25) is 0 Å². The molecule has 2 aliphatic rings. The summed E-state index contributed by atoms with van der Waals surface area (Å²) in [7, 11) is 0. The van der Waals surface area contributed by atoms with Gasteiger partial charge in [0.05, 0.1) is 0 Å². The smallest absolute Gasteiger partial charge is 0.0244 e. The van der Waals surface area contributed by atoms with Crippen molar-refractivity contribution in [1.29, 1.82) is 0 Å². The predicted molar refractivity (Wildman–Crippen MR) is 148 cm³/mol. The Hall–Kier alpha value is -3.94. The highest BCUT2D eigenvalue weighted by molar-refractivity contribution is 6.08. The molecule has 0 saturated heterocycles. The van der Waals surface area contributed by atoms with Crippen LogP contribution in [0.2, 0.25) is 0 Å². The lowest BCUT2D eigenvalue weighted by atomic mass is 9.88. The van der Waals surface area contributed by atoms with Crippen LogP contribution < -0.4 is 0 Å². The summed E-state index contributed by atoms with van der Waals surface area (Å²) in [4.78, 5) is 2.64. The zero-order valence-corrected chi connectivity index (χ0v) is 19.7. The van der Waals surface area contributed by atoms with Gasteiger partial charge in [0.1, 0.15) is 0 Å². The molecule has 5 aromatic carbocycles. The van der Waals surface area contributed by atoms with E-state index >= 15 is 0 Å². The summed E-state index contributed by atoms with van der Waals surface area (Å²) >= 11 is 0. The minimum Gasteiger partial charge on any atom is -0.294 e. The van der Waals surface area contributed by atoms with Gasteiger partial charge in [-0.25, -0.2) is 0 Å². The minimum absolute atomic E-state index is 0.406. The molecule has 0 amide bonds. The van der Waals surface area contributed by atoms with Gasteiger partial charge in [-0.15, -0.1) is 0 Å². The van der Waals surface area contributed by atoms with Crippen molar-refractivity contribution in [3.8, 4) is 11.1 Å². The molecule has 5 aromatic rings. The maximum Gasteiger partial charge on any atom is 0.0244 e. The molecule has 1 aliphatic carbocycles. The molecular formula is C34H27N. The average Bonchev–Trinajstić information content (AvgIpc) is 3.30. The highest BCUT2D eigenvalue weighted by Gasteiger charge is 2.26. The summed E-state index contributed by atoms with van der Waals surface area (Å²) in [5, 5.41) is 5.34. The number of allylic oxidation sites excluding steroid dienone is 2. The SMILES string of the molecule is C1=CC(CN2Cc3ccc4ccccc4c3-c3c(ccc4ccccc34)C2)C(c2ccccc2)=C1. The molecular weight excluding hydrogens is 422 g/mol. The first-order valence-corrected chi connectivity index (χ1v) is 12.5. The maximum atomic E-state index is 2.64. The summed E-state index contributed by atoms with van der Waals surface area (Å²) < 4.78 is 0. The molecule has 1 aliphatic heterocycles. The summed E-state index contributed by atoms with van der Waals surface area (Å²) in [6, 6.07) is 37.9. The molecule has 0 spiro atoms. The van der Waals surface area contributed by atoms with Crippen molar-refractivity contribution >= 4 is 27.1 Å². The monoisotopic (exact) mass is 449 g/mol. The quantitative estimate of drug-likeness (QED) is 0.268. The minimum atomic E-state index is 0.406. The van der Waals surface area contributed by atoms with Crippen LogP contribution in [0.1, 0.15) is 16.7 Å². The number of hydrogen-bond donors (Lipinski definition) is 0. The van der Waals surface area contributed by atoms with Gasteiger partial charge in [-0.2, -0.15) is 0 Å². The van der Waals surface area contributed by atoms with Gasteiger partial charge in [0, 0.05) is 25.6 Å². The van der Waals surface area contributed by atoms with E-state index in [0.717, 1.165) is 19.6 Å². The van der Waals surface area contributed by atoms with Crippen molar-refractivity contribution in [2.24, 2.45) is 5.92 Å². The Morgan fingerprint density at radius 3 is 1.80 bits per heavy atom. The molecule has 1 heterocycles.